The number of fused-ring (bicyclic) bond motifs is 1. The van der Waals surface area contributed by atoms with Crippen molar-refractivity contribution >= 4 is 23.7 Å². The molecule has 2 aromatic rings. The molecule has 0 atom stereocenters. The van der Waals surface area contributed by atoms with Gasteiger partial charge in [-0.25, -0.2) is 0 Å². The molecule has 0 aromatic heterocycles. The van der Waals surface area contributed by atoms with Crippen molar-refractivity contribution in [2.45, 2.75) is 38.9 Å². The predicted molar refractivity (Wildman–Crippen MR) is 82.2 cm³/mol. The molecule has 0 spiro atoms. The first-order valence-electron chi connectivity index (χ1n) is 6.64. The molecule has 0 saturated heterocycles. The molecule has 0 bridgehead atoms. The summed E-state index contributed by atoms with van der Waals surface area (Å²) in [6.07, 6.45) is 0. The maximum absolute atomic E-state index is 10.1. The Morgan fingerprint density at radius 2 is 1.58 bits per heavy atom. The normalized spacial score (nSPS) is 12.7. The van der Waals surface area contributed by atoms with Crippen LogP contribution < -0.4 is 5.46 Å². The largest absolute Gasteiger partial charge is 0.427 e. The van der Waals surface area contributed by atoms with Gasteiger partial charge < -0.3 is 9.76 Å². The summed E-state index contributed by atoms with van der Waals surface area (Å²) in [6, 6.07) is 14.6. The van der Waals surface area contributed by atoms with Gasteiger partial charge in [0.25, 0.3) is 0 Å². The number of hydrogen-bond acceptors (Lipinski definition) is 2. The van der Waals surface area contributed by atoms with Gasteiger partial charge in [0.2, 0.25) is 0 Å². The molecule has 0 amide bonds. The summed E-state index contributed by atoms with van der Waals surface area (Å²) in [7, 11) is 0.502. The second-order valence-electron chi connectivity index (χ2n) is 6.04. The van der Waals surface area contributed by atoms with Crippen molar-refractivity contribution in [1.29, 1.82) is 0 Å². The molecule has 0 heterocycles. The van der Waals surface area contributed by atoms with Gasteiger partial charge in [-0.15, -0.1) is 0 Å². The van der Waals surface area contributed by atoms with Gasteiger partial charge in [0.1, 0.15) is 0 Å². The Balaban J connectivity index is 2.14. The second-order valence-corrected chi connectivity index (χ2v) is 6.04. The van der Waals surface area contributed by atoms with Crippen LogP contribution in [0.5, 0.6) is 0 Å². The van der Waals surface area contributed by atoms with Crippen LogP contribution in [0, 0.1) is 0 Å². The third-order valence-electron chi connectivity index (χ3n) is 3.89. The minimum atomic E-state index is -0.871. The fraction of sp³-hybridized carbons (Fsp3) is 0.375. The van der Waals surface area contributed by atoms with Crippen LogP contribution in [-0.4, -0.2) is 23.8 Å². The van der Waals surface area contributed by atoms with E-state index >= 15 is 0 Å². The van der Waals surface area contributed by atoms with E-state index in [-0.39, 0.29) is 0 Å². The lowest BCUT2D eigenvalue weighted by atomic mass is 9.82. The molecule has 3 heteroatoms. The van der Waals surface area contributed by atoms with Crippen LogP contribution in [0.1, 0.15) is 27.7 Å². The zero-order chi connectivity index (χ0) is 14.1. The Hall–Kier alpha value is -1.32. The molecule has 0 aliphatic heterocycles. The van der Waals surface area contributed by atoms with Crippen LogP contribution in [0.3, 0.4) is 0 Å². The van der Waals surface area contributed by atoms with E-state index in [0.717, 1.165) is 5.46 Å². The average molecular weight is 256 g/mol. The summed E-state index contributed by atoms with van der Waals surface area (Å²) in [5, 5.41) is 12.5. The van der Waals surface area contributed by atoms with Gasteiger partial charge in [-0.1, -0.05) is 47.9 Å². The lowest BCUT2D eigenvalue weighted by Crippen LogP contribution is -2.49. The summed E-state index contributed by atoms with van der Waals surface area (Å²) >= 11 is 0. The number of benzene rings is 2. The molecule has 0 aliphatic carbocycles. The summed E-state index contributed by atoms with van der Waals surface area (Å²) in [4.78, 5) is 0. The highest BCUT2D eigenvalue weighted by molar-refractivity contribution is 6.47. The molecule has 1 N–H and O–H groups in total. The molecular formula is C16H21BO2. The first kappa shape index (κ1) is 14.1. The monoisotopic (exact) mass is 256 g/mol. The summed E-state index contributed by atoms with van der Waals surface area (Å²) in [6.45, 7) is 7.36. The van der Waals surface area contributed by atoms with Crippen molar-refractivity contribution in [3.63, 3.8) is 0 Å². The molecule has 2 nitrogen and oxygen atoms in total. The fourth-order valence-corrected chi connectivity index (χ4v) is 1.77. The Kier molecular flexibility index (Phi) is 3.70. The van der Waals surface area contributed by atoms with E-state index in [9.17, 15) is 5.11 Å². The molecule has 0 unspecified atom stereocenters. The van der Waals surface area contributed by atoms with E-state index in [1.165, 1.54) is 10.8 Å². The average Bonchev–Trinajstić information content (AvgIpc) is 2.35. The first-order valence-corrected chi connectivity index (χ1v) is 6.64. The molecule has 0 fully saturated rings. The molecule has 19 heavy (non-hydrogen) atoms. The Labute approximate surface area is 115 Å². The van der Waals surface area contributed by atoms with Gasteiger partial charge in [0, 0.05) is 0 Å². The van der Waals surface area contributed by atoms with E-state index in [4.69, 9.17) is 4.65 Å². The first-order chi connectivity index (χ1) is 8.79. The zero-order valence-corrected chi connectivity index (χ0v) is 12.1. The summed E-state index contributed by atoms with van der Waals surface area (Å²) in [5.74, 6) is 0. The van der Waals surface area contributed by atoms with Crippen LogP contribution in [0.25, 0.3) is 10.8 Å². The second kappa shape index (κ2) is 4.99. The smallest absolute Gasteiger partial charge is 0.309 e. The Morgan fingerprint density at radius 1 is 0.947 bits per heavy atom. The third-order valence-corrected chi connectivity index (χ3v) is 3.89. The standard InChI is InChI=1S/C16H21BO2/c1-15(2,18)16(3,4)19-17-14-10-9-12-7-5-6-8-13(12)11-14/h5-11,17-18H,1-4H3. The highest BCUT2D eigenvalue weighted by atomic mass is 16.5. The Bertz CT molecular complexity index is 570. The molecule has 2 rings (SSSR count). The van der Waals surface area contributed by atoms with E-state index < -0.39 is 11.2 Å². The van der Waals surface area contributed by atoms with Crippen LogP contribution in [0.2, 0.25) is 0 Å². The molecule has 0 saturated carbocycles. The molecule has 0 aliphatic rings. The van der Waals surface area contributed by atoms with Gasteiger partial charge in [-0.2, -0.15) is 0 Å². The number of aliphatic hydroxyl groups is 1. The topological polar surface area (TPSA) is 29.5 Å². The van der Waals surface area contributed by atoms with Crippen molar-refractivity contribution in [3.05, 3.63) is 42.5 Å². The minimum absolute atomic E-state index is 0.502. The number of hydrogen-bond donors (Lipinski definition) is 1. The van der Waals surface area contributed by atoms with Gasteiger partial charge in [-0.3, -0.25) is 0 Å². The van der Waals surface area contributed by atoms with Crippen LogP contribution in [0.15, 0.2) is 42.5 Å². The maximum Gasteiger partial charge on any atom is 0.309 e. The number of rotatable bonds is 4. The van der Waals surface area contributed by atoms with Crippen molar-refractivity contribution in [2.24, 2.45) is 0 Å². The van der Waals surface area contributed by atoms with Crippen molar-refractivity contribution < 1.29 is 9.76 Å². The minimum Gasteiger partial charge on any atom is -0.427 e. The van der Waals surface area contributed by atoms with E-state index in [2.05, 4.69) is 30.3 Å². The van der Waals surface area contributed by atoms with Gasteiger partial charge in [-0.05, 0) is 38.5 Å². The van der Waals surface area contributed by atoms with Gasteiger partial charge >= 0.3 is 7.48 Å². The molecule has 0 radical (unpaired) electrons. The molecular weight excluding hydrogens is 235 g/mol. The summed E-state index contributed by atoms with van der Waals surface area (Å²) < 4.78 is 5.88. The maximum atomic E-state index is 10.1. The molecule has 100 valence electrons. The van der Waals surface area contributed by atoms with E-state index in [1.54, 1.807) is 13.8 Å². The lowest BCUT2D eigenvalue weighted by Gasteiger charge is -2.37. The van der Waals surface area contributed by atoms with Crippen LogP contribution in [0.4, 0.5) is 0 Å². The van der Waals surface area contributed by atoms with Gasteiger partial charge in [0.15, 0.2) is 0 Å². The summed E-state index contributed by atoms with van der Waals surface area (Å²) in [5.41, 5.74) is -0.335. The van der Waals surface area contributed by atoms with Gasteiger partial charge in [0.05, 0.1) is 11.2 Å². The Morgan fingerprint density at radius 3 is 2.21 bits per heavy atom. The highest BCUT2D eigenvalue weighted by Crippen LogP contribution is 2.24. The molecule has 2 aromatic carbocycles. The van der Waals surface area contributed by atoms with E-state index in [1.807, 2.05) is 26.0 Å². The van der Waals surface area contributed by atoms with Crippen LogP contribution in [-0.2, 0) is 4.65 Å². The van der Waals surface area contributed by atoms with Crippen molar-refractivity contribution in [2.75, 3.05) is 0 Å². The fourth-order valence-electron chi connectivity index (χ4n) is 1.77. The predicted octanol–water partition coefficient (Wildman–Crippen LogP) is 2.38. The van der Waals surface area contributed by atoms with E-state index in [0.29, 0.717) is 7.48 Å². The van der Waals surface area contributed by atoms with Crippen molar-refractivity contribution in [3.8, 4) is 0 Å². The van der Waals surface area contributed by atoms with Crippen LogP contribution >= 0.6 is 0 Å². The third kappa shape index (κ3) is 3.17. The SMILES string of the molecule is CC(C)(O)C(C)(C)OBc1ccc2ccccc2c1. The highest BCUT2D eigenvalue weighted by Gasteiger charge is 2.35. The van der Waals surface area contributed by atoms with Crippen molar-refractivity contribution in [1.82, 2.24) is 0 Å². The lowest BCUT2D eigenvalue weighted by molar-refractivity contribution is -0.0893. The quantitative estimate of drug-likeness (QED) is 0.851. The zero-order valence-electron chi connectivity index (χ0n) is 12.1.